The van der Waals surface area contributed by atoms with Gasteiger partial charge in [0.15, 0.2) is 0 Å². The fraction of sp³-hybridized carbons (Fsp3) is 0.440. The predicted octanol–water partition coefficient (Wildman–Crippen LogP) is 2.96. The minimum atomic E-state index is -1.82. The van der Waals surface area contributed by atoms with E-state index in [4.69, 9.17) is 24.5 Å². The smallest absolute Gasteiger partial charge is 0.414 e. The van der Waals surface area contributed by atoms with Crippen LogP contribution in [0.25, 0.3) is 0 Å². The summed E-state index contributed by atoms with van der Waals surface area (Å²) in [4.78, 5) is 20.6. The van der Waals surface area contributed by atoms with Crippen molar-refractivity contribution in [1.82, 2.24) is 4.90 Å². The lowest BCUT2D eigenvalue weighted by molar-refractivity contribution is -0.159. The lowest BCUT2D eigenvalue weighted by Gasteiger charge is -2.31. The Hall–Kier alpha value is -2.81. The van der Waals surface area contributed by atoms with E-state index in [1.807, 2.05) is 6.07 Å². The molecule has 0 aromatic heterocycles. The van der Waals surface area contributed by atoms with Crippen LogP contribution in [0.1, 0.15) is 53.5 Å². The van der Waals surface area contributed by atoms with E-state index in [0.29, 0.717) is 0 Å². The number of fused-ring (bicyclic) bond motifs is 5. The molecule has 2 fully saturated rings. The van der Waals surface area contributed by atoms with Gasteiger partial charge in [0.05, 0.1) is 18.3 Å². The maximum absolute atomic E-state index is 14.0. The molecular weight excluding hydrogens is 429 g/mol. The van der Waals surface area contributed by atoms with Gasteiger partial charge in [0, 0.05) is 25.6 Å². The van der Waals surface area contributed by atoms with Crippen LogP contribution in [0, 0.1) is 5.82 Å². The summed E-state index contributed by atoms with van der Waals surface area (Å²) in [5.74, 6) is -3.55. The lowest BCUT2D eigenvalue weighted by Crippen LogP contribution is -2.40. The fourth-order valence-corrected chi connectivity index (χ4v) is 5.11. The van der Waals surface area contributed by atoms with Crippen molar-refractivity contribution in [2.45, 2.75) is 49.9 Å². The number of aliphatic hydroxyl groups is 1. The number of carboxylic acid groups (broad SMARTS) is 2. The Kier molecular flexibility index (Phi) is 7.07. The number of piperidine rings is 1. The van der Waals surface area contributed by atoms with E-state index < -0.39 is 11.9 Å². The van der Waals surface area contributed by atoms with E-state index in [1.54, 1.807) is 12.1 Å². The van der Waals surface area contributed by atoms with E-state index in [2.05, 4.69) is 29.2 Å². The van der Waals surface area contributed by atoms with Gasteiger partial charge in [-0.1, -0.05) is 30.3 Å². The molecule has 3 unspecified atom stereocenters. The first-order valence-corrected chi connectivity index (χ1v) is 11.2. The molecule has 1 aliphatic carbocycles. The van der Waals surface area contributed by atoms with Gasteiger partial charge in [-0.25, -0.2) is 14.0 Å². The summed E-state index contributed by atoms with van der Waals surface area (Å²) in [6, 6.07) is 13.8. The number of aliphatic hydroxyl groups excluding tert-OH is 1. The first kappa shape index (κ1) is 23.4. The van der Waals surface area contributed by atoms with Crippen LogP contribution in [0.5, 0.6) is 0 Å². The Morgan fingerprint density at radius 1 is 1.00 bits per heavy atom. The molecule has 0 amide bonds. The minimum Gasteiger partial charge on any atom is -0.473 e. The van der Waals surface area contributed by atoms with E-state index in [1.165, 1.54) is 16.7 Å². The zero-order chi connectivity index (χ0) is 23.5. The van der Waals surface area contributed by atoms with Crippen molar-refractivity contribution >= 4 is 11.9 Å². The Bertz CT molecular complexity index is 1010. The Balaban J connectivity index is 0.000000385. The highest BCUT2D eigenvalue weighted by atomic mass is 19.1. The number of likely N-dealkylation sites (tertiary alicyclic amines) is 1. The number of aliphatic carboxylic acids is 2. The third kappa shape index (κ3) is 5.40. The molecule has 3 N–H and O–H groups in total. The van der Waals surface area contributed by atoms with Crippen LogP contribution in [-0.2, 0) is 20.7 Å². The summed E-state index contributed by atoms with van der Waals surface area (Å²) >= 11 is 0. The zero-order valence-electron chi connectivity index (χ0n) is 18.2. The first-order chi connectivity index (χ1) is 15.8. The molecule has 0 radical (unpaired) electrons. The van der Waals surface area contributed by atoms with Gasteiger partial charge in [-0.2, -0.15) is 0 Å². The van der Waals surface area contributed by atoms with Crippen molar-refractivity contribution in [3.05, 3.63) is 70.5 Å². The second kappa shape index (κ2) is 9.99. The fourth-order valence-electron chi connectivity index (χ4n) is 5.11. The quantitative estimate of drug-likeness (QED) is 0.595. The van der Waals surface area contributed by atoms with Crippen LogP contribution in [0.4, 0.5) is 4.39 Å². The van der Waals surface area contributed by atoms with Gasteiger partial charge >= 0.3 is 11.9 Å². The molecule has 176 valence electrons. The summed E-state index contributed by atoms with van der Waals surface area (Å²) in [5.41, 5.74) is 4.89. The molecule has 0 spiro atoms. The molecule has 33 heavy (non-hydrogen) atoms. The predicted molar refractivity (Wildman–Crippen MR) is 118 cm³/mol. The molecule has 2 heterocycles. The van der Waals surface area contributed by atoms with Crippen LogP contribution in [0.15, 0.2) is 42.5 Å². The number of nitrogens with zero attached hydrogens (tertiary/aromatic N) is 1. The summed E-state index contributed by atoms with van der Waals surface area (Å²) in [5, 5.41) is 24.5. The highest BCUT2D eigenvalue weighted by molar-refractivity contribution is 6.27. The number of ether oxygens (including phenoxy) is 1. The highest BCUT2D eigenvalue weighted by Gasteiger charge is 2.41. The molecule has 3 atom stereocenters. The third-order valence-electron chi connectivity index (χ3n) is 6.67. The molecule has 2 aromatic rings. The van der Waals surface area contributed by atoms with Crippen LogP contribution in [0.2, 0.25) is 0 Å². The van der Waals surface area contributed by atoms with Crippen molar-refractivity contribution in [2.24, 2.45) is 0 Å². The zero-order valence-corrected chi connectivity index (χ0v) is 18.2. The van der Waals surface area contributed by atoms with Crippen molar-refractivity contribution < 1.29 is 34.0 Å². The average molecular weight is 457 g/mol. The Morgan fingerprint density at radius 3 is 2.36 bits per heavy atom. The lowest BCUT2D eigenvalue weighted by atomic mass is 9.87. The number of hydrogen-bond acceptors (Lipinski definition) is 5. The molecule has 5 rings (SSSR count). The van der Waals surface area contributed by atoms with Gasteiger partial charge in [0.1, 0.15) is 5.82 Å². The monoisotopic (exact) mass is 457 g/mol. The van der Waals surface area contributed by atoms with E-state index in [9.17, 15) is 9.50 Å². The topological polar surface area (TPSA) is 107 Å². The van der Waals surface area contributed by atoms with Gasteiger partial charge in [-0.15, -0.1) is 0 Å². The number of hydrogen-bond donors (Lipinski definition) is 3. The maximum Gasteiger partial charge on any atom is 0.414 e. The van der Waals surface area contributed by atoms with Crippen molar-refractivity contribution in [1.29, 1.82) is 0 Å². The highest BCUT2D eigenvalue weighted by Crippen LogP contribution is 2.49. The van der Waals surface area contributed by atoms with Gasteiger partial charge in [0.2, 0.25) is 0 Å². The number of rotatable bonds is 2. The number of halogens is 1. The summed E-state index contributed by atoms with van der Waals surface area (Å²) in [6.45, 7) is 2.75. The maximum atomic E-state index is 14.0. The largest absolute Gasteiger partial charge is 0.473 e. The number of carboxylic acids is 2. The van der Waals surface area contributed by atoms with Gasteiger partial charge in [0.25, 0.3) is 0 Å². The Morgan fingerprint density at radius 2 is 1.67 bits per heavy atom. The number of benzene rings is 2. The van der Waals surface area contributed by atoms with Crippen LogP contribution in [0.3, 0.4) is 0 Å². The summed E-state index contributed by atoms with van der Waals surface area (Å²) in [6.07, 6.45) is 3.43. The van der Waals surface area contributed by atoms with Crippen LogP contribution < -0.4 is 0 Å². The molecule has 8 heteroatoms. The standard InChI is InChI=1S/C23H26FNO2.C2H2O4/c24-17-6-5-16-11-15-3-1-2-4-20(15)22-13-19(27-23(22)21(16)12-17)14-25-9-7-18(26)8-10-25;3-1(4)2(5)6/h1-6,12,18-19,22-23,26H,7-11,13-14H2;(H,3,4)(H,5,6). The summed E-state index contributed by atoms with van der Waals surface area (Å²) < 4.78 is 20.6. The molecular formula is C25H28FNO6. The number of carbonyl (C=O) groups is 2. The average Bonchev–Trinajstić information content (AvgIpc) is 3.15. The van der Waals surface area contributed by atoms with Gasteiger partial charge in [-0.3, -0.25) is 0 Å². The van der Waals surface area contributed by atoms with E-state index in [-0.39, 0.29) is 30.0 Å². The van der Waals surface area contributed by atoms with E-state index >= 15 is 0 Å². The Labute approximate surface area is 191 Å². The second-order valence-corrected chi connectivity index (χ2v) is 8.88. The van der Waals surface area contributed by atoms with Crippen LogP contribution >= 0.6 is 0 Å². The van der Waals surface area contributed by atoms with Crippen molar-refractivity contribution in [3.8, 4) is 0 Å². The van der Waals surface area contributed by atoms with Crippen LogP contribution in [-0.4, -0.2) is 64.0 Å². The van der Waals surface area contributed by atoms with Gasteiger partial charge < -0.3 is 25.0 Å². The van der Waals surface area contributed by atoms with Crippen molar-refractivity contribution in [3.63, 3.8) is 0 Å². The summed E-state index contributed by atoms with van der Waals surface area (Å²) in [7, 11) is 0. The van der Waals surface area contributed by atoms with Gasteiger partial charge in [-0.05, 0) is 60.1 Å². The normalized spacial score (nSPS) is 24.5. The molecule has 0 saturated carbocycles. The minimum absolute atomic E-state index is 0.0697. The molecule has 2 aromatic carbocycles. The first-order valence-electron chi connectivity index (χ1n) is 11.2. The third-order valence-corrected chi connectivity index (χ3v) is 6.67. The second-order valence-electron chi connectivity index (χ2n) is 8.88. The molecule has 2 aliphatic heterocycles. The molecule has 7 nitrogen and oxygen atoms in total. The molecule has 3 aliphatic rings. The van der Waals surface area contributed by atoms with Crippen molar-refractivity contribution in [2.75, 3.05) is 19.6 Å². The SMILES string of the molecule is O=C(O)C(=O)O.OC1CCN(CC2CC3c4ccccc4Cc4ccc(F)cc4C3O2)CC1. The van der Waals surface area contributed by atoms with E-state index in [0.717, 1.165) is 50.9 Å². The molecule has 2 saturated heterocycles. The molecule has 0 bridgehead atoms.